The van der Waals surface area contributed by atoms with Crippen LogP contribution in [-0.4, -0.2) is 24.0 Å². The van der Waals surface area contributed by atoms with E-state index in [1.165, 1.54) is 6.07 Å². The molecule has 0 aliphatic carbocycles. The van der Waals surface area contributed by atoms with Gasteiger partial charge in [0, 0.05) is 18.8 Å². The quantitative estimate of drug-likeness (QED) is 0.874. The maximum absolute atomic E-state index is 13.3. The van der Waals surface area contributed by atoms with Crippen LogP contribution in [0.2, 0.25) is 0 Å². The maximum Gasteiger partial charge on any atom is 0.156 e. The molecule has 0 saturated heterocycles. The van der Waals surface area contributed by atoms with E-state index in [1.54, 1.807) is 17.8 Å². The van der Waals surface area contributed by atoms with Crippen molar-refractivity contribution in [1.29, 1.82) is 0 Å². The molecule has 1 aliphatic rings. The average Bonchev–Trinajstić information content (AvgIpc) is 2.33. The molecule has 0 aromatic heterocycles. The smallest absolute Gasteiger partial charge is 0.156 e. The zero-order valence-corrected chi connectivity index (χ0v) is 9.89. The van der Waals surface area contributed by atoms with E-state index in [9.17, 15) is 4.39 Å². The summed E-state index contributed by atoms with van der Waals surface area (Å²) in [4.78, 5) is 4.36. The van der Waals surface area contributed by atoms with Crippen LogP contribution >= 0.6 is 11.8 Å². The summed E-state index contributed by atoms with van der Waals surface area (Å²) >= 11 is 1.75. The molecule has 0 radical (unpaired) electrons. The van der Waals surface area contributed by atoms with Gasteiger partial charge >= 0.3 is 0 Å². The lowest BCUT2D eigenvalue weighted by molar-refractivity contribution is 0.607. The lowest BCUT2D eigenvalue weighted by atomic mass is 10.1. The van der Waals surface area contributed by atoms with Gasteiger partial charge in [-0.05, 0) is 24.5 Å². The van der Waals surface area contributed by atoms with E-state index in [1.807, 2.05) is 12.1 Å². The molecule has 0 saturated carbocycles. The summed E-state index contributed by atoms with van der Waals surface area (Å²) in [6.45, 7) is 1.65. The molecule has 0 fully saturated rings. The minimum Gasteiger partial charge on any atom is -0.365 e. The van der Waals surface area contributed by atoms with Gasteiger partial charge in [0.1, 0.15) is 5.82 Å². The third-order valence-corrected chi connectivity index (χ3v) is 3.46. The van der Waals surface area contributed by atoms with Gasteiger partial charge in [-0.2, -0.15) is 0 Å². The molecule has 86 valence electrons. The Labute approximate surface area is 99.3 Å². The molecule has 0 atom stereocenters. The van der Waals surface area contributed by atoms with Gasteiger partial charge in [-0.3, -0.25) is 4.99 Å². The molecule has 1 N–H and O–H groups in total. The second-order valence-electron chi connectivity index (χ2n) is 3.66. The number of benzene rings is 1. The molecule has 1 aromatic rings. The molecule has 0 spiro atoms. The van der Waals surface area contributed by atoms with Crippen molar-refractivity contribution >= 4 is 16.9 Å². The van der Waals surface area contributed by atoms with Gasteiger partial charge in [-0.15, -0.1) is 0 Å². The third-order valence-electron chi connectivity index (χ3n) is 2.43. The molecule has 1 aromatic carbocycles. The van der Waals surface area contributed by atoms with Crippen LogP contribution in [-0.2, 0) is 6.42 Å². The van der Waals surface area contributed by atoms with Crippen molar-refractivity contribution in [1.82, 2.24) is 5.32 Å². The summed E-state index contributed by atoms with van der Waals surface area (Å²) < 4.78 is 13.3. The number of nitrogens with zero attached hydrogens (tertiary/aromatic N) is 1. The molecule has 2 rings (SSSR count). The van der Waals surface area contributed by atoms with Crippen LogP contribution in [0.4, 0.5) is 4.39 Å². The van der Waals surface area contributed by atoms with E-state index in [0.717, 1.165) is 36.0 Å². The highest BCUT2D eigenvalue weighted by Gasteiger charge is 2.05. The molecule has 2 nitrogen and oxygen atoms in total. The second-order valence-corrected chi connectivity index (χ2v) is 4.74. The van der Waals surface area contributed by atoms with E-state index >= 15 is 0 Å². The predicted octanol–water partition coefficient (Wildman–Crippen LogP) is 2.45. The van der Waals surface area contributed by atoms with Crippen LogP contribution in [0.15, 0.2) is 29.3 Å². The Morgan fingerprint density at radius 3 is 3.00 bits per heavy atom. The van der Waals surface area contributed by atoms with E-state index in [-0.39, 0.29) is 5.82 Å². The summed E-state index contributed by atoms with van der Waals surface area (Å²) in [7, 11) is 0. The summed E-state index contributed by atoms with van der Waals surface area (Å²) in [5.41, 5.74) is 0.761. The molecule has 0 amide bonds. The van der Waals surface area contributed by atoms with E-state index in [4.69, 9.17) is 0 Å². The molecule has 16 heavy (non-hydrogen) atoms. The topological polar surface area (TPSA) is 24.4 Å². The van der Waals surface area contributed by atoms with Crippen molar-refractivity contribution in [2.75, 3.05) is 18.8 Å². The molecule has 0 bridgehead atoms. The first-order valence-corrected chi connectivity index (χ1v) is 6.49. The normalized spacial score (nSPS) is 15.7. The van der Waals surface area contributed by atoms with Crippen molar-refractivity contribution < 1.29 is 4.39 Å². The number of aliphatic imine (C=N–C) groups is 1. The first-order chi connectivity index (χ1) is 7.86. The highest BCUT2D eigenvalue weighted by molar-refractivity contribution is 8.13. The lowest BCUT2D eigenvalue weighted by Crippen LogP contribution is -2.25. The number of hydrogen-bond acceptors (Lipinski definition) is 3. The van der Waals surface area contributed by atoms with Crippen molar-refractivity contribution in [3.63, 3.8) is 0 Å². The van der Waals surface area contributed by atoms with Gasteiger partial charge in [0.15, 0.2) is 5.17 Å². The monoisotopic (exact) mass is 238 g/mol. The van der Waals surface area contributed by atoms with Crippen LogP contribution in [0.3, 0.4) is 0 Å². The van der Waals surface area contributed by atoms with Crippen molar-refractivity contribution in [2.45, 2.75) is 12.8 Å². The number of nitrogens with one attached hydrogen (secondary N) is 1. The molecule has 1 aliphatic heterocycles. The summed E-state index contributed by atoms with van der Waals surface area (Å²) in [6, 6.07) is 6.91. The Morgan fingerprint density at radius 1 is 1.38 bits per heavy atom. The van der Waals surface area contributed by atoms with Gasteiger partial charge in [0.2, 0.25) is 0 Å². The van der Waals surface area contributed by atoms with E-state index in [2.05, 4.69) is 10.3 Å². The first kappa shape index (κ1) is 11.5. The summed E-state index contributed by atoms with van der Waals surface area (Å²) in [6.07, 6.45) is 1.86. The van der Waals surface area contributed by atoms with Crippen LogP contribution in [0.25, 0.3) is 0 Å². The SMILES string of the molecule is Fc1ccccc1CCNC1=NCCCS1. The van der Waals surface area contributed by atoms with Gasteiger partial charge in [0.05, 0.1) is 0 Å². The summed E-state index contributed by atoms with van der Waals surface area (Å²) in [5.74, 6) is 1.01. The van der Waals surface area contributed by atoms with Gasteiger partial charge in [0.25, 0.3) is 0 Å². The van der Waals surface area contributed by atoms with Gasteiger partial charge < -0.3 is 5.32 Å². The van der Waals surface area contributed by atoms with E-state index < -0.39 is 0 Å². The van der Waals surface area contributed by atoms with Crippen LogP contribution in [0, 0.1) is 5.82 Å². The average molecular weight is 238 g/mol. The molecule has 4 heteroatoms. The minimum atomic E-state index is -0.123. The van der Waals surface area contributed by atoms with Crippen molar-refractivity contribution in [3.05, 3.63) is 35.6 Å². The number of amidine groups is 1. The minimum absolute atomic E-state index is 0.123. The van der Waals surface area contributed by atoms with Gasteiger partial charge in [-0.1, -0.05) is 30.0 Å². The number of thioether (sulfide) groups is 1. The number of hydrogen-bond donors (Lipinski definition) is 1. The van der Waals surface area contributed by atoms with Crippen LogP contribution in [0.1, 0.15) is 12.0 Å². The van der Waals surface area contributed by atoms with E-state index in [0.29, 0.717) is 6.42 Å². The highest BCUT2D eigenvalue weighted by Crippen LogP contribution is 2.10. The van der Waals surface area contributed by atoms with Crippen molar-refractivity contribution in [2.24, 2.45) is 4.99 Å². The Kier molecular flexibility index (Phi) is 4.22. The van der Waals surface area contributed by atoms with Crippen molar-refractivity contribution in [3.8, 4) is 0 Å². The Balaban J connectivity index is 1.80. The Bertz CT molecular complexity index is 379. The fourth-order valence-corrected chi connectivity index (χ4v) is 2.43. The molecular weight excluding hydrogens is 223 g/mol. The Hall–Kier alpha value is -1.03. The first-order valence-electron chi connectivity index (χ1n) is 5.51. The largest absolute Gasteiger partial charge is 0.365 e. The molecule has 1 heterocycles. The lowest BCUT2D eigenvalue weighted by Gasteiger charge is -2.13. The zero-order chi connectivity index (χ0) is 11.2. The van der Waals surface area contributed by atoms with Crippen LogP contribution in [0.5, 0.6) is 0 Å². The zero-order valence-electron chi connectivity index (χ0n) is 9.08. The van der Waals surface area contributed by atoms with Crippen LogP contribution < -0.4 is 5.32 Å². The predicted molar refractivity (Wildman–Crippen MR) is 67.5 cm³/mol. The Morgan fingerprint density at radius 2 is 2.25 bits per heavy atom. The fraction of sp³-hybridized carbons (Fsp3) is 0.417. The summed E-state index contributed by atoms with van der Waals surface area (Å²) in [5, 5.41) is 4.25. The molecular formula is C12H15FN2S. The number of rotatable bonds is 3. The number of halogens is 1. The molecule has 0 unspecified atom stereocenters. The maximum atomic E-state index is 13.3. The third kappa shape index (κ3) is 3.23. The fourth-order valence-electron chi connectivity index (χ4n) is 1.57. The second kappa shape index (κ2) is 5.89. The standard InChI is InChI=1S/C12H15FN2S/c13-11-5-2-1-4-10(11)6-8-15-12-14-7-3-9-16-12/h1-2,4-5H,3,6-9H2,(H,14,15). The van der Waals surface area contributed by atoms with Gasteiger partial charge in [-0.25, -0.2) is 4.39 Å². The highest BCUT2D eigenvalue weighted by atomic mass is 32.2.